The molecule has 4 saturated carbocycles. The highest BCUT2D eigenvalue weighted by Gasteiger charge is 2.54. The van der Waals surface area contributed by atoms with Crippen molar-refractivity contribution in [3.8, 4) is 0 Å². The Balaban J connectivity index is 1.17. The zero-order chi connectivity index (χ0) is 23.0. The first kappa shape index (κ1) is 22.4. The second kappa shape index (κ2) is 9.08. The third kappa shape index (κ3) is 4.65. The number of nitrogens with one attached hydrogen (secondary N) is 2. The minimum Gasteiger partial charge on any atom is -0.348 e. The first-order valence-corrected chi connectivity index (χ1v) is 12.8. The molecule has 4 bridgehead atoms. The molecule has 0 unspecified atom stereocenters. The summed E-state index contributed by atoms with van der Waals surface area (Å²) in [6.45, 7) is 3.00. The Kier molecular flexibility index (Phi) is 6.16. The van der Waals surface area contributed by atoms with Crippen LogP contribution in [0.5, 0.6) is 0 Å². The molecule has 4 aliphatic carbocycles. The fourth-order valence-corrected chi connectivity index (χ4v) is 7.29. The molecule has 33 heavy (non-hydrogen) atoms. The van der Waals surface area contributed by atoms with Crippen LogP contribution in [0.2, 0.25) is 0 Å². The van der Waals surface area contributed by atoms with Gasteiger partial charge in [-0.05, 0) is 87.5 Å². The molecule has 0 saturated heterocycles. The number of rotatable bonds is 8. The van der Waals surface area contributed by atoms with E-state index in [0.29, 0.717) is 29.8 Å². The first-order chi connectivity index (χ1) is 15.9. The topological polar surface area (TPSA) is 88.9 Å². The quantitative estimate of drug-likeness (QED) is 0.568. The van der Waals surface area contributed by atoms with Gasteiger partial charge >= 0.3 is 0 Å². The summed E-state index contributed by atoms with van der Waals surface area (Å²) in [7, 11) is 0. The Bertz CT molecular complexity index is 1000. The van der Waals surface area contributed by atoms with E-state index in [4.69, 9.17) is 0 Å². The highest BCUT2D eigenvalue weighted by Crippen LogP contribution is 2.60. The summed E-state index contributed by atoms with van der Waals surface area (Å²) in [5.41, 5.74) is 0.369. The van der Waals surface area contributed by atoms with E-state index in [9.17, 15) is 14.0 Å². The van der Waals surface area contributed by atoms with Crippen molar-refractivity contribution in [1.82, 2.24) is 20.1 Å². The number of hydrogen-bond donors (Lipinski definition) is 2. The zero-order valence-corrected chi connectivity index (χ0v) is 19.7. The van der Waals surface area contributed by atoms with Crippen molar-refractivity contribution in [2.24, 2.45) is 23.2 Å². The Hall–Kier alpha value is -2.42. The minimum absolute atomic E-state index is 0.162. The Morgan fingerprint density at radius 3 is 2.33 bits per heavy atom. The first-order valence-electron chi connectivity index (χ1n) is 11.8. The van der Waals surface area contributed by atoms with Gasteiger partial charge in [-0.25, -0.2) is 4.39 Å². The van der Waals surface area contributed by atoms with Crippen molar-refractivity contribution < 1.29 is 14.0 Å². The Morgan fingerprint density at radius 1 is 1.09 bits per heavy atom. The van der Waals surface area contributed by atoms with Crippen molar-refractivity contribution in [3.05, 3.63) is 35.9 Å². The number of benzene rings is 1. The van der Waals surface area contributed by atoms with Crippen LogP contribution in [0.4, 0.5) is 10.1 Å². The summed E-state index contributed by atoms with van der Waals surface area (Å²) < 4.78 is 15.0. The van der Waals surface area contributed by atoms with Gasteiger partial charge in [-0.1, -0.05) is 11.8 Å². The number of thioether (sulfide) groups is 1. The molecule has 0 radical (unpaired) electrons. The van der Waals surface area contributed by atoms with Crippen LogP contribution < -0.4 is 10.6 Å². The maximum Gasteiger partial charge on any atom is 0.234 e. The molecule has 2 aromatic rings. The third-order valence-corrected chi connectivity index (χ3v) is 8.46. The maximum atomic E-state index is 13.2. The van der Waals surface area contributed by atoms with Crippen molar-refractivity contribution in [1.29, 1.82) is 0 Å². The predicted molar refractivity (Wildman–Crippen MR) is 124 cm³/mol. The molecule has 4 fully saturated rings. The molecule has 7 nitrogen and oxygen atoms in total. The highest BCUT2D eigenvalue weighted by molar-refractivity contribution is 7.99. The van der Waals surface area contributed by atoms with E-state index in [-0.39, 0.29) is 28.8 Å². The largest absolute Gasteiger partial charge is 0.348 e. The van der Waals surface area contributed by atoms with Gasteiger partial charge in [0.2, 0.25) is 11.8 Å². The van der Waals surface area contributed by atoms with Gasteiger partial charge < -0.3 is 15.2 Å². The average Bonchev–Trinajstić information content (AvgIpc) is 3.18. The van der Waals surface area contributed by atoms with E-state index in [1.807, 2.05) is 11.5 Å². The number of aromatic nitrogens is 3. The van der Waals surface area contributed by atoms with E-state index in [1.54, 1.807) is 0 Å². The number of nitrogens with zero attached hydrogens (tertiary/aromatic N) is 3. The van der Waals surface area contributed by atoms with Crippen LogP contribution in [0.1, 0.15) is 51.3 Å². The van der Waals surface area contributed by atoms with Gasteiger partial charge in [0.15, 0.2) is 11.0 Å². The van der Waals surface area contributed by atoms with E-state index >= 15 is 0 Å². The van der Waals surface area contributed by atoms with Gasteiger partial charge in [0.25, 0.3) is 0 Å². The highest BCUT2D eigenvalue weighted by atomic mass is 32.2. The summed E-state index contributed by atoms with van der Waals surface area (Å²) in [5.74, 6) is 2.68. The smallest absolute Gasteiger partial charge is 0.234 e. The predicted octanol–water partition coefficient (Wildman–Crippen LogP) is 4.00. The molecular weight excluding hydrogens is 441 g/mol. The summed E-state index contributed by atoms with van der Waals surface area (Å²) in [5, 5.41) is 15.1. The lowest BCUT2D eigenvalue weighted by atomic mass is 9.49. The number of amides is 2. The zero-order valence-electron chi connectivity index (χ0n) is 18.8. The second-order valence-corrected chi connectivity index (χ2v) is 10.8. The van der Waals surface area contributed by atoms with E-state index in [0.717, 1.165) is 37.0 Å². The SMILES string of the molecule is CCn1c(CNC(=O)C23CC4CC(CC(C4)C2)C3)nnc1SCC(=O)Nc1ccc(F)cc1. The molecule has 0 aliphatic heterocycles. The van der Waals surface area contributed by atoms with Gasteiger partial charge in [-0.15, -0.1) is 10.2 Å². The van der Waals surface area contributed by atoms with Gasteiger partial charge in [0.05, 0.1) is 12.3 Å². The van der Waals surface area contributed by atoms with Crippen molar-refractivity contribution in [3.63, 3.8) is 0 Å². The van der Waals surface area contributed by atoms with Crippen molar-refractivity contribution in [2.45, 2.75) is 63.7 Å². The molecular formula is C24H30FN5O2S. The fourth-order valence-electron chi connectivity index (χ4n) is 6.47. The standard InChI is InChI=1S/C24H30FN5O2S/c1-2-30-20(13-26-22(32)24-10-15-7-16(11-24)9-17(8-15)12-24)28-29-23(30)33-14-21(31)27-19-5-3-18(25)4-6-19/h3-6,15-17H,2,7-14H2,1H3,(H,26,32)(H,27,31). The molecule has 2 amide bonds. The Morgan fingerprint density at radius 2 is 1.73 bits per heavy atom. The van der Waals surface area contributed by atoms with Crippen LogP contribution in [0, 0.1) is 29.0 Å². The number of hydrogen-bond acceptors (Lipinski definition) is 5. The van der Waals surface area contributed by atoms with E-state index < -0.39 is 0 Å². The molecule has 1 aromatic carbocycles. The van der Waals surface area contributed by atoms with E-state index in [2.05, 4.69) is 20.8 Å². The number of halogens is 1. The number of anilines is 1. The van der Waals surface area contributed by atoms with E-state index in [1.165, 1.54) is 55.3 Å². The average molecular weight is 472 g/mol. The van der Waals surface area contributed by atoms with Crippen molar-refractivity contribution in [2.75, 3.05) is 11.1 Å². The molecule has 0 spiro atoms. The molecule has 1 heterocycles. The van der Waals surface area contributed by atoms with Gasteiger partial charge in [-0.2, -0.15) is 0 Å². The molecule has 0 atom stereocenters. The van der Waals surface area contributed by atoms with Crippen molar-refractivity contribution >= 4 is 29.3 Å². The monoisotopic (exact) mass is 471 g/mol. The maximum absolute atomic E-state index is 13.2. The minimum atomic E-state index is -0.346. The molecule has 1 aromatic heterocycles. The Labute approximate surface area is 197 Å². The van der Waals surface area contributed by atoms with Crippen LogP contribution >= 0.6 is 11.8 Å². The molecule has 2 N–H and O–H groups in total. The lowest BCUT2D eigenvalue weighted by molar-refractivity contribution is -0.146. The van der Waals surface area contributed by atoms with Gasteiger partial charge in [-0.3, -0.25) is 9.59 Å². The van der Waals surface area contributed by atoms with Crippen LogP contribution in [-0.2, 0) is 22.7 Å². The van der Waals surface area contributed by atoms with Crippen LogP contribution in [-0.4, -0.2) is 32.3 Å². The fraction of sp³-hybridized carbons (Fsp3) is 0.583. The van der Waals surface area contributed by atoms with Crippen LogP contribution in [0.25, 0.3) is 0 Å². The molecule has 6 rings (SSSR count). The summed E-state index contributed by atoms with van der Waals surface area (Å²) in [4.78, 5) is 25.5. The summed E-state index contributed by atoms with van der Waals surface area (Å²) in [6.07, 6.45) is 7.05. The summed E-state index contributed by atoms with van der Waals surface area (Å²) >= 11 is 1.30. The number of carbonyl (C=O) groups is 2. The van der Waals surface area contributed by atoms with Crippen LogP contribution in [0.15, 0.2) is 29.4 Å². The van der Waals surface area contributed by atoms with Gasteiger partial charge in [0.1, 0.15) is 5.82 Å². The lowest BCUT2D eigenvalue weighted by Crippen LogP contribution is -2.53. The number of carbonyl (C=O) groups excluding carboxylic acids is 2. The lowest BCUT2D eigenvalue weighted by Gasteiger charge is -2.55. The molecule has 9 heteroatoms. The molecule has 176 valence electrons. The van der Waals surface area contributed by atoms with Gasteiger partial charge in [0, 0.05) is 17.6 Å². The normalized spacial score (nSPS) is 27.5. The second-order valence-electron chi connectivity index (χ2n) is 9.87. The summed E-state index contributed by atoms with van der Waals surface area (Å²) in [6, 6.07) is 5.66. The van der Waals surface area contributed by atoms with Crippen LogP contribution in [0.3, 0.4) is 0 Å². The third-order valence-electron chi connectivity index (χ3n) is 7.50. The molecule has 4 aliphatic rings.